The summed E-state index contributed by atoms with van der Waals surface area (Å²) < 4.78 is 56.5. The van der Waals surface area contributed by atoms with Gasteiger partial charge in [-0.05, 0) is 25.0 Å². The summed E-state index contributed by atoms with van der Waals surface area (Å²) in [6.07, 6.45) is 0.655. The minimum absolute atomic E-state index is 0.00716. The lowest BCUT2D eigenvalue weighted by Gasteiger charge is -2.46. The smallest absolute Gasteiger partial charge is 0.169 e. The van der Waals surface area contributed by atoms with Crippen LogP contribution in [0.3, 0.4) is 0 Å². The summed E-state index contributed by atoms with van der Waals surface area (Å²) in [5.74, 6) is -1.29. The molecule has 0 aliphatic carbocycles. The first kappa shape index (κ1) is 21.8. The van der Waals surface area contributed by atoms with E-state index >= 15 is 13.2 Å². The molecule has 0 radical (unpaired) electrons. The molecule has 8 heteroatoms. The second kappa shape index (κ2) is 8.39. The van der Waals surface area contributed by atoms with Crippen molar-refractivity contribution < 1.29 is 22.6 Å². The second-order valence-electron chi connectivity index (χ2n) is 8.67. The van der Waals surface area contributed by atoms with Gasteiger partial charge in [0.05, 0.1) is 25.9 Å². The normalized spacial score (nSPS) is 22.5. The average Bonchev–Trinajstić information content (AvgIpc) is 3.10. The van der Waals surface area contributed by atoms with E-state index in [2.05, 4.69) is 20.9 Å². The molecule has 32 heavy (non-hydrogen) atoms. The van der Waals surface area contributed by atoms with Gasteiger partial charge in [-0.25, -0.2) is 13.2 Å². The van der Waals surface area contributed by atoms with E-state index in [9.17, 15) is 0 Å². The number of benzene rings is 2. The number of alkyl halides is 2. The summed E-state index contributed by atoms with van der Waals surface area (Å²) in [5, 5.41) is 1.57. The van der Waals surface area contributed by atoms with Crippen LogP contribution in [0.15, 0.2) is 36.4 Å². The fourth-order valence-electron chi connectivity index (χ4n) is 4.87. The zero-order valence-corrected chi connectivity index (χ0v) is 19.2. The van der Waals surface area contributed by atoms with Crippen molar-refractivity contribution in [3.05, 3.63) is 64.9 Å². The van der Waals surface area contributed by atoms with Crippen LogP contribution in [0.2, 0.25) is 0 Å². The first-order valence-corrected chi connectivity index (χ1v) is 11.8. The van der Waals surface area contributed by atoms with E-state index in [1.54, 1.807) is 0 Å². The van der Waals surface area contributed by atoms with Crippen molar-refractivity contribution in [2.24, 2.45) is 0 Å². The van der Waals surface area contributed by atoms with Crippen LogP contribution in [0.1, 0.15) is 29.8 Å². The molecule has 1 aromatic heterocycles. The van der Waals surface area contributed by atoms with E-state index < -0.39 is 23.3 Å². The molecule has 4 nitrogen and oxygen atoms in total. The number of aromatic nitrogens is 1. The molecule has 1 fully saturated rings. The molecular weight excluding hydrogens is 485 g/mol. The summed E-state index contributed by atoms with van der Waals surface area (Å²) in [6.45, 7) is 2.29. The summed E-state index contributed by atoms with van der Waals surface area (Å²) in [4.78, 5) is 5.24. The van der Waals surface area contributed by atoms with Gasteiger partial charge in [-0.3, -0.25) is 4.90 Å². The van der Waals surface area contributed by atoms with Crippen molar-refractivity contribution in [3.63, 3.8) is 0 Å². The minimum Gasteiger partial charge on any atom is -0.493 e. The summed E-state index contributed by atoms with van der Waals surface area (Å²) in [6, 6.07) is 9.31. The van der Waals surface area contributed by atoms with E-state index in [0.717, 1.165) is 16.5 Å². The Morgan fingerprint density at radius 1 is 1.22 bits per heavy atom. The number of halogens is 4. The third-order valence-electron chi connectivity index (χ3n) is 6.38. The zero-order valence-electron chi connectivity index (χ0n) is 17.6. The van der Waals surface area contributed by atoms with Gasteiger partial charge < -0.3 is 14.5 Å². The van der Waals surface area contributed by atoms with Gasteiger partial charge in [-0.15, -0.1) is 0 Å². The Kier molecular flexibility index (Phi) is 5.72. The lowest BCUT2D eigenvalue weighted by molar-refractivity contribution is -0.148. The zero-order chi connectivity index (χ0) is 22.5. The number of hydrogen-bond donors (Lipinski definition) is 1. The van der Waals surface area contributed by atoms with E-state index in [-0.39, 0.29) is 37.1 Å². The fraction of sp³-hybridized carbons (Fsp3) is 0.417. The quantitative estimate of drug-likeness (QED) is 0.459. The van der Waals surface area contributed by atoms with Crippen molar-refractivity contribution >= 4 is 26.8 Å². The van der Waals surface area contributed by atoms with Crippen molar-refractivity contribution in [3.8, 4) is 5.75 Å². The number of ether oxygens (including phenoxy) is 2. The number of fused-ring (bicyclic) bond motifs is 3. The van der Waals surface area contributed by atoms with Crippen molar-refractivity contribution in [2.75, 3.05) is 31.7 Å². The van der Waals surface area contributed by atoms with Crippen LogP contribution in [0, 0.1) is 11.6 Å². The summed E-state index contributed by atoms with van der Waals surface area (Å²) in [5.41, 5.74) is 1.00. The molecule has 5 rings (SSSR count). The maximum absolute atomic E-state index is 15.4. The third kappa shape index (κ3) is 3.72. The molecule has 1 saturated heterocycles. The van der Waals surface area contributed by atoms with Crippen LogP contribution in [0.25, 0.3) is 10.9 Å². The van der Waals surface area contributed by atoms with Gasteiger partial charge in [0.25, 0.3) is 0 Å². The molecule has 0 unspecified atom stereocenters. The van der Waals surface area contributed by atoms with E-state index in [4.69, 9.17) is 9.47 Å². The van der Waals surface area contributed by atoms with E-state index in [1.165, 1.54) is 12.1 Å². The fourth-order valence-corrected chi connectivity index (χ4v) is 5.03. The summed E-state index contributed by atoms with van der Waals surface area (Å²) >= 11 is 3.24. The van der Waals surface area contributed by atoms with Crippen molar-refractivity contribution in [1.82, 2.24) is 9.88 Å². The van der Waals surface area contributed by atoms with Gasteiger partial charge in [0.1, 0.15) is 17.4 Å². The van der Waals surface area contributed by atoms with Crippen LogP contribution >= 0.6 is 15.9 Å². The highest BCUT2D eigenvalue weighted by Crippen LogP contribution is 2.44. The molecule has 1 N–H and O–H groups in total. The first-order chi connectivity index (χ1) is 15.4. The average molecular weight is 509 g/mol. The predicted octanol–water partition coefficient (Wildman–Crippen LogP) is 5.29. The topological polar surface area (TPSA) is 37.5 Å². The first-order valence-electron chi connectivity index (χ1n) is 10.7. The van der Waals surface area contributed by atoms with Crippen molar-refractivity contribution in [2.45, 2.75) is 31.1 Å². The van der Waals surface area contributed by atoms with Gasteiger partial charge in [0, 0.05) is 52.2 Å². The molecule has 0 spiro atoms. The number of nitrogens with zero attached hydrogens (tertiary/aromatic N) is 1. The lowest BCUT2D eigenvalue weighted by atomic mass is 9.86. The maximum atomic E-state index is 15.4. The molecule has 3 aromatic rings. The van der Waals surface area contributed by atoms with Gasteiger partial charge in [0.2, 0.25) is 0 Å². The van der Waals surface area contributed by atoms with Crippen LogP contribution in [0.5, 0.6) is 5.75 Å². The minimum atomic E-state index is -1.53. The number of nitrogens with one attached hydrogen (secondary N) is 1. The van der Waals surface area contributed by atoms with E-state index in [1.807, 2.05) is 36.1 Å². The Morgan fingerprint density at radius 3 is 2.59 bits per heavy atom. The van der Waals surface area contributed by atoms with E-state index in [0.29, 0.717) is 24.1 Å². The Hall–Kier alpha value is -2.03. The molecule has 2 aliphatic rings. The molecule has 2 aliphatic heterocycles. The van der Waals surface area contributed by atoms with Crippen LogP contribution in [-0.2, 0) is 11.2 Å². The molecule has 170 valence electrons. The molecule has 0 amide bonds. The number of aromatic amines is 1. The number of H-pyrrole nitrogens is 1. The highest BCUT2D eigenvalue weighted by Gasteiger charge is 2.46. The van der Waals surface area contributed by atoms with Gasteiger partial charge in [0.15, 0.2) is 5.67 Å². The highest BCUT2D eigenvalue weighted by molar-refractivity contribution is 9.09. The number of para-hydroxylation sites is 1. The monoisotopic (exact) mass is 508 g/mol. The van der Waals surface area contributed by atoms with Gasteiger partial charge in [-0.2, -0.15) is 0 Å². The SMILES string of the molecule is C[C@@H]1Cc2c([nH]c3ccccc23)[C@@H](c2c(F)cc(OCCBr)cc2F)N1CC1(F)COC1. The van der Waals surface area contributed by atoms with Crippen LogP contribution in [0.4, 0.5) is 13.2 Å². The molecule has 0 bridgehead atoms. The maximum Gasteiger partial charge on any atom is 0.169 e. The van der Waals surface area contributed by atoms with Gasteiger partial charge >= 0.3 is 0 Å². The molecule has 2 aromatic carbocycles. The standard InChI is InChI=1S/C24H24BrF3N2O2/c1-14-8-17-16-4-2-3-5-20(16)29-22(17)23(30(14)11-24(28)12-31-13-24)21-18(26)9-15(10-19(21)27)32-7-6-25/h2-5,9-10,14,23,29H,6-8,11-13H2,1H3/t14-,23-/m1/s1. The lowest BCUT2D eigenvalue weighted by Crippen LogP contribution is -2.57. The molecule has 2 atom stereocenters. The molecular formula is C24H24BrF3N2O2. The Bertz CT molecular complexity index is 1120. The second-order valence-corrected chi connectivity index (χ2v) is 9.47. The summed E-state index contributed by atoms with van der Waals surface area (Å²) in [7, 11) is 0. The van der Waals surface area contributed by atoms with Crippen molar-refractivity contribution in [1.29, 1.82) is 0 Å². The Morgan fingerprint density at radius 2 is 1.94 bits per heavy atom. The number of hydrogen-bond acceptors (Lipinski definition) is 3. The Labute approximate surface area is 192 Å². The molecule has 0 saturated carbocycles. The highest BCUT2D eigenvalue weighted by atomic mass is 79.9. The Balaban J connectivity index is 1.65. The van der Waals surface area contributed by atoms with Crippen LogP contribution < -0.4 is 4.74 Å². The molecule has 3 heterocycles. The van der Waals surface area contributed by atoms with Gasteiger partial charge in [-0.1, -0.05) is 34.1 Å². The largest absolute Gasteiger partial charge is 0.493 e. The predicted molar refractivity (Wildman–Crippen MR) is 120 cm³/mol. The van der Waals surface area contributed by atoms with Crippen LogP contribution in [-0.4, -0.2) is 53.3 Å². The third-order valence-corrected chi connectivity index (χ3v) is 6.70. The number of rotatable bonds is 6.